The molecule has 2 N–H and O–H groups in total. The molecule has 0 aliphatic heterocycles. The third-order valence-corrected chi connectivity index (χ3v) is 3.76. The van der Waals surface area contributed by atoms with Crippen molar-refractivity contribution in [3.8, 4) is 0 Å². The molecule has 6 heteroatoms. The summed E-state index contributed by atoms with van der Waals surface area (Å²) in [5, 5.41) is 7.94. The molecule has 0 rings (SSSR count). The van der Waals surface area contributed by atoms with Crippen molar-refractivity contribution in [2.75, 3.05) is 20.3 Å². The van der Waals surface area contributed by atoms with Crippen molar-refractivity contribution in [3.63, 3.8) is 0 Å². The Morgan fingerprint density at radius 1 is 1.50 bits per heavy atom. The molecule has 14 heavy (non-hydrogen) atoms. The predicted molar refractivity (Wildman–Crippen MR) is 54.6 cm³/mol. The summed E-state index contributed by atoms with van der Waals surface area (Å²) in [5.74, 6) is 0. The van der Waals surface area contributed by atoms with E-state index in [2.05, 4.69) is 4.72 Å². The number of hydrogen-bond acceptors (Lipinski definition) is 4. The van der Waals surface area contributed by atoms with Gasteiger partial charge in [-0.3, -0.25) is 0 Å². The Kier molecular flexibility index (Phi) is 5.00. The molecular formula is C8H19NO4S. The van der Waals surface area contributed by atoms with Gasteiger partial charge in [-0.15, -0.1) is 0 Å². The van der Waals surface area contributed by atoms with E-state index in [0.29, 0.717) is 0 Å². The van der Waals surface area contributed by atoms with Crippen molar-refractivity contribution in [2.24, 2.45) is 0 Å². The lowest BCUT2D eigenvalue weighted by Crippen LogP contribution is -2.50. The number of aliphatic hydroxyl groups excluding tert-OH is 1. The van der Waals surface area contributed by atoms with E-state index < -0.39 is 27.4 Å². The number of nitrogens with one attached hydrogen (secondary N) is 1. The van der Waals surface area contributed by atoms with Gasteiger partial charge in [0.2, 0.25) is 10.0 Å². The first-order chi connectivity index (χ1) is 6.25. The van der Waals surface area contributed by atoms with E-state index in [1.807, 2.05) is 0 Å². The average molecular weight is 225 g/mol. The van der Waals surface area contributed by atoms with Crippen LogP contribution in [0.5, 0.6) is 0 Å². The highest BCUT2D eigenvalue weighted by Crippen LogP contribution is 2.08. The molecule has 5 nitrogen and oxygen atoms in total. The first-order valence-corrected chi connectivity index (χ1v) is 5.92. The van der Waals surface area contributed by atoms with Gasteiger partial charge < -0.3 is 9.84 Å². The van der Waals surface area contributed by atoms with Crippen LogP contribution < -0.4 is 4.72 Å². The monoisotopic (exact) mass is 225 g/mol. The van der Waals surface area contributed by atoms with Gasteiger partial charge in [-0.2, -0.15) is 0 Å². The van der Waals surface area contributed by atoms with E-state index in [0.717, 1.165) is 0 Å². The molecule has 0 bridgehead atoms. The number of ether oxygens (including phenoxy) is 1. The van der Waals surface area contributed by atoms with Gasteiger partial charge in [0.15, 0.2) is 0 Å². The predicted octanol–water partition coefficient (Wildman–Crippen LogP) is -0.288. The van der Waals surface area contributed by atoms with Gasteiger partial charge >= 0.3 is 0 Å². The molecule has 0 aliphatic carbocycles. The average Bonchev–Trinajstić information content (AvgIpc) is 2.00. The fourth-order valence-corrected chi connectivity index (χ4v) is 2.20. The highest BCUT2D eigenvalue weighted by molar-refractivity contribution is 7.90. The Labute approximate surface area is 85.5 Å². The maximum atomic E-state index is 11.5. The smallest absolute Gasteiger partial charge is 0.217 e. The molecule has 0 radical (unpaired) electrons. The van der Waals surface area contributed by atoms with E-state index in [1.165, 1.54) is 14.0 Å². The third-order valence-electron chi connectivity index (χ3n) is 1.71. The van der Waals surface area contributed by atoms with Crippen LogP contribution >= 0.6 is 0 Å². The lowest BCUT2D eigenvalue weighted by atomic mass is 10.1. The molecule has 0 heterocycles. The summed E-state index contributed by atoms with van der Waals surface area (Å²) in [4.78, 5) is 0. The van der Waals surface area contributed by atoms with E-state index in [4.69, 9.17) is 9.84 Å². The number of sulfonamides is 1. The summed E-state index contributed by atoms with van der Waals surface area (Å²) >= 11 is 0. The molecular weight excluding hydrogens is 206 g/mol. The van der Waals surface area contributed by atoms with Crippen molar-refractivity contribution in [3.05, 3.63) is 0 Å². The number of aliphatic hydroxyl groups is 1. The van der Waals surface area contributed by atoms with Crippen LogP contribution in [0.1, 0.15) is 20.8 Å². The Morgan fingerprint density at radius 3 is 2.36 bits per heavy atom. The van der Waals surface area contributed by atoms with Crippen LogP contribution in [0.3, 0.4) is 0 Å². The van der Waals surface area contributed by atoms with Crippen molar-refractivity contribution in [2.45, 2.75) is 31.6 Å². The lowest BCUT2D eigenvalue weighted by molar-refractivity contribution is 0.141. The van der Waals surface area contributed by atoms with Crippen molar-refractivity contribution in [1.29, 1.82) is 0 Å². The molecule has 0 aromatic heterocycles. The summed E-state index contributed by atoms with van der Waals surface area (Å²) in [6.45, 7) is 4.78. The van der Waals surface area contributed by atoms with E-state index in [-0.39, 0.29) is 6.61 Å². The summed E-state index contributed by atoms with van der Waals surface area (Å²) < 4.78 is 30.4. The SMILES string of the molecule is COCC(C)(C)NS(=O)(=O)C(C)CO. The van der Waals surface area contributed by atoms with Crippen molar-refractivity contribution < 1.29 is 18.3 Å². The molecule has 0 amide bonds. The third kappa shape index (κ3) is 4.36. The van der Waals surface area contributed by atoms with Gasteiger partial charge in [0.25, 0.3) is 0 Å². The second kappa shape index (κ2) is 5.06. The molecule has 0 aliphatic rings. The second-order valence-corrected chi connectivity index (χ2v) is 6.06. The maximum absolute atomic E-state index is 11.5. The maximum Gasteiger partial charge on any atom is 0.217 e. The summed E-state index contributed by atoms with van der Waals surface area (Å²) in [6.07, 6.45) is 0. The fourth-order valence-electron chi connectivity index (χ4n) is 0.974. The van der Waals surface area contributed by atoms with Crippen LogP contribution in [0.4, 0.5) is 0 Å². The molecule has 1 atom stereocenters. The minimum Gasteiger partial charge on any atom is -0.395 e. The fraction of sp³-hybridized carbons (Fsp3) is 1.00. The van der Waals surface area contributed by atoms with Crippen LogP contribution in [0.15, 0.2) is 0 Å². The number of rotatable bonds is 6. The lowest BCUT2D eigenvalue weighted by Gasteiger charge is -2.26. The number of hydrogen-bond donors (Lipinski definition) is 2. The number of methoxy groups -OCH3 is 1. The molecule has 86 valence electrons. The Hall–Kier alpha value is -0.170. The minimum absolute atomic E-state index is 0.282. The molecule has 0 fully saturated rings. The van der Waals surface area contributed by atoms with Crippen LogP contribution in [-0.4, -0.2) is 44.6 Å². The zero-order valence-corrected chi connectivity index (χ0v) is 9.89. The molecule has 0 aromatic rings. The Morgan fingerprint density at radius 2 is 2.00 bits per heavy atom. The van der Waals surface area contributed by atoms with Crippen LogP contribution in [-0.2, 0) is 14.8 Å². The van der Waals surface area contributed by atoms with Gasteiger partial charge in [0.05, 0.1) is 24.0 Å². The molecule has 1 unspecified atom stereocenters. The molecule has 0 saturated carbocycles. The molecule has 0 aromatic carbocycles. The van der Waals surface area contributed by atoms with Crippen molar-refractivity contribution in [1.82, 2.24) is 4.72 Å². The first kappa shape index (κ1) is 13.8. The molecule has 0 spiro atoms. The van der Waals surface area contributed by atoms with E-state index >= 15 is 0 Å². The largest absolute Gasteiger partial charge is 0.395 e. The highest BCUT2D eigenvalue weighted by atomic mass is 32.2. The Bertz CT molecular complexity index is 261. The second-order valence-electron chi connectivity index (χ2n) is 3.96. The quantitative estimate of drug-likeness (QED) is 0.651. The van der Waals surface area contributed by atoms with Crippen LogP contribution in [0, 0.1) is 0 Å². The minimum atomic E-state index is -3.47. The Balaban J connectivity index is 4.50. The van der Waals surface area contributed by atoms with Gasteiger partial charge in [0, 0.05) is 7.11 Å². The summed E-state index contributed by atoms with van der Waals surface area (Å²) in [7, 11) is -1.96. The zero-order chi connectivity index (χ0) is 11.4. The summed E-state index contributed by atoms with van der Waals surface area (Å²) in [6, 6.07) is 0. The highest BCUT2D eigenvalue weighted by Gasteiger charge is 2.28. The van der Waals surface area contributed by atoms with Gasteiger partial charge in [-0.1, -0.05) is 0 Å². The van der Waals surface area contributed by atoms with E-state index in [9.17, 15) is 8.42 Å². The molecule has 0 saturated heterocycles. The van der Waals surface area contributed by atoms with Crippen LogP contribution in [0.25, 0.3) is 0 Å². The summed E-state index contributed by atoms with van der Waals surface area (Å²) in [5.41, 5.74) is -0.656. The van der Waals surface area contributed by atoms with Crippen LogP contribution in [0.2, 0.25) is 0 Å². The van der Waals surface area contributed by atoms with Gasteiger partial charge in [-0.25, -0.2) is 13.1 Å². The topological polar surface area (TPSA) is 75.6 Å². The van der Waals surface area contributed by atoms with Gasteiger partial charge in [-0.05, 0) is 20.8 Å². The standard InChI is InChI=1S/C8H19NO4S/c1-7(5-10)14(11,12)9-8(2,3)6-13-4/h7,9-10H,5-6H2,1-4H3. The van der Waals surface area contributed by atoms with Crippen molar-refractivity contribution >= 4 is 10.0 Å². The van der Waals surface area contributed by atoms with E-state index in [1.54, 1.807) is 13.8 Å². The first-order valence-electron chi connectivity index (χ1n) is 4.38. The normalized spacial score (nSPS) is 15.5. The zero-order valence-electron chi connectivity index (χ0n) is 9.07. The van der Waals surface area contributed by atoms with Gasteiger partial charge in [0.1, 0.15) is 0 Å².